The van der Waals surface area contributed by atoms with Crippen LogP contribution in [0.5, 0.6) is 0 Å². The van der Waals surface area contributed by atoms with Gasteiger partial charge in [0.25, 0.3) is 5.91 Å². The molecule has 0 unspecified atom stereocenters. The summed E-state index contributed by atoms with van der Waals surface area (Å²) in [5.41, 5.74) is 8.82. The Morgan fingerprint density at radius 2 is 1.87 bits per heavy atom. The monoisotopic (exact) mass is 513 g/mol. The van der Waals surface area contributed by atoms with E-state index in [2.05, 4.69) is 53.4 Å². The lowest BCUT2D eigenvalue weighted by atomic mass is 10.1. The van der Waals surface area contributed by atoms with E-state index in [1.54, 1.807) is 35.9 Å². The zero-order valence-corrected chi connectivity index (χ0v) is 20.7. The maximum Gasteiger partial charge on any atom is 0.255 e. The Morgan fingerprint density at radius 1 is 0.947 bits per heavy atom. The number of carbonyl (C=O) groups is 1. The smallest absolute Gasteiger partial charge is 0.255 e. The number of carbonyl (C=O) groups excluding carboxylic acids is 1. The summed E-state index contributed by atoms with van der Waals surface area (Å²) < 4.78 is 0. The third-order valence-corrected chi connectivity index (χ3v) is 7.04. The quantitative estimate of drug-likeness (QED) is 0.242. The van der Waals surface area contributed by atoms with Crippen LogP contribution >= 0.6 is 11.3 Å². The van der Waals surface area contributed by atoms with E-state index in [9.17, 15) is 4.79 Å². The van der Waals surface area contributed by atoms with Crippen LogP contribution in [0.25, 0.3) is 55.8 Å². The molecule has 7 rings (SSSR count). The molecule has 0 atom stereocenters. The standard InChI is InChI=1S/C29H19N7OS/c37-29(17-4-2-1-3-5-17)32-20-12-19(14-30-15-20)23-6-7-24-26(33-23)27(36-35-24)25-13-22-21(18-9-11-38-16-18)8-10-31-28(22)34-25/h1-16H,(H,31,34)(H,32,37)(H,35,36). The van der Waals surface area contributed by atoms with Crippen LogP contribution in [0.1, 0.15) is 10.4 Å². The Bertz CT molecular complexity index is 1920. The van der Waals surface area contributed by atoms with E-state index in [0.29, 0.717) is 16.9 Å². The number of amides is 1. The molecule has 9 heteroatoms. The minimum Gasteiger partial charge on any atom is -0.338 e. The van der Waals surface area contributed by atoms with Crippen molar-refractivity contribution in [1.29, 1.82) is 0 Å². The summed E-state index contributed by atoms with van der Waals surface area (Å²) >= 11 is 1.67. The number of aromatic nitrogens is 6. The number of anilines is 1. The van der Waals surface area contributed by atoms with Crippen LogP contribution in [-0.2, 0) is 0 Å². The van der Waals surface area contributed by atoms with Crippen LogP contribution in [0.3, 0.4) is 0 Å². The minimum absolute atomic E-state index is 0.195. The molecule has 0 aliphatic carbocycles. The van der Waals surface area contributed by atoms with E-state index in [1.165, 1.54) is 0 Å². The van der Waals surface area contributed by atoms with Gasteiger partial charge >= 0.3 is 0 Å². The van der Waals surface area contributed by atoms with Crippen LogP contribution in [0.4, 0.5) is 5.69 Å². The summed E-state index contributed by atoms with van der Waals surface area (Å²) in [6.45, 7) is 0. The van der Waals surface area contributed by atoms with Gasteiger partial charge in [-0.2, -0.15) is 16.4 Å². The molecule has 7 aromatic rings. The van der Waals surface area contributed by atoms with Crippen LogP contribution in [0.2, 0.25) is 0 Å². The number of nitrogens with one attached hydrogen (secondary N) is 3. The molecule has 0 bridgehead atoms. The Balaban J connectivity index is 1.25. The number of hydrogen-bond donors (Lipinski definition) is 3. The van der Waals surface area contributed by atoms with Crippen molar-refractivity contribution in [2.75, 3.05) is 5.32 Å². The molecule has 3 N–H and O–H groups in total. The Labute approximate surface area is 220 Å². The third-order valence-electron chi connectivity index (χ3n) is 6.35. The number of pyridine rings is 3. The summed E-state index contributed by atoms with van der Waals surface area (Å²) in [4.78, 5) is 29.8. The fraction of sp³-hybridized carbons (Fsp3) is 0. The SMILES string of the molecule is O=C(Nc1cncc(-c2ccc3[nH]nc(-c4cc5c(-c6ccsc6)ccnc5[nH]4)c3n2)c1)c1ccccc1. The minimum atomic E-state index is -0.195. The largest absolute Gasteiger partial charge is 0.338 e. The lowest BCUT2D eigenvalue weighted by molar-refractivity contribution is 0.102. The van der Waals surface area contributed by atoms with Gasteiger partial charge in [-0.1, -0.05) is 18.2 Å². The van der Waals surface area contributed by atoms with Gasteiger partial charge < -0.3 is 10.3 Å². The van der Waals surface area contributed by atoms with Gasteiger partial charge in [-0.05, 0) is 70.4 Å². The average molecular weight is 514 g/mol. The van der Waals surface area contributed by atoms with Gasteiger partial charge in [-0.25, -0.2) is 9.97 Å². The predicted molar refractivity (Wildman–Crippen MR) is 150 cm³/mol. The van der Waals surface area contributed by atoms with Crippen molar-refractivity contribution in [1.82, 2.24) is 30.1 Å². The number of rotatable bonds is 5. The van der Waals surface area contributed by atoms with Gasteiger partial charge in [0.05, 0.1) is 28.8 Å². The first-order chi connectivity index (χ1) is 18.7. The highest BCUT2D eigenvalue weighted by molar-refractivity contribution is 7.08. The molecular formula is C29H19N7OS. The number of hydrogen-bond acceptors (Lipinski definition) is 6. The second-order valence-corrected chi connectivity index (χ2v) is 9.54. The summed E-state index contributed by atoms with van der Waals surface area (Å²) in [7, 11) is 0. The number of thiophene rings is 1. The van der Waals surface area contributed by atoms with E-state index >= 15 is 0 Å². The first-order valence-corrected chi connectivity index (χ1v) is 12.8. The number of benzene rings is 1. The topological polar surface area (TPSA) is 112 Å². The third kappa shape index (κ3) is 3.91. The molecule has 0 aliphatic rings. The molecule has 0 spiro atoms. The van der Waals surface area contributed by atoms with Crippen LogP contribution in [-0.4, -0.2) is 36.0 Å². The maximum absolute atomic E-state index is 12.6. The molecule has 0 fully saturated rings. The molecule has 0 aliphatic heterocycles. The van der Waals surface area contributed by atoms with Gasteiger partial charge in [-0.15, -0.1) is 0 Å². The van der Waals surface area contributed by atoms with Crippen LogP contribution < -0.4 is 5.32 Å². The number of H-pyrrole nitrogens is 2. The molecule has 182 valence electrons. The molecule has 0 saturated carbocycles. The summed E-state index contributed by atoms with van der Waals surface area (Å²) in [6.07, 6.45) is 5.16. The van der Waals surface area contributed by atoms with E-state index in [4.69, 9.17) is 4.98 Å². The lowest BCUT2D eigenvalue weighted by Crippen LogP contribution is -2.11. The van der Waals surface area contributed by atoms with Crippen molar-refractivity contribution in [3.8, 4) is 33.8 Å². The molecule has 1 aromatic carbocycles. The highest BCUT2D eigenvalue weighted by Crippen LogP contribution is 2.34. The van der Waals surface area contributed by atoms with Crippen molar-refractivity contribution in [3.05, 3.63) is 102 Å². The van der Waals surface area contributed by atoms with Gasteiger partial charge in [0.15, 0.2) is 0 Å². The highest BCUT2D eigenvalue weighted by atomic mass is 32.1. The van der Waals surface area contributed by atoms with Gasteiger partial charge in [0.1, 0.15) is 16.9 Å². The fourth-order valence-electron chi connectivity index (χ4n) is 4.51. The van der Waals surface area contributed by atoms with E-state index in [-0.39, 0.29) is 5.91 Å². The zero-order chi connectivity index (χ0) is 25.5. The van der Waals surface area contributed by atoms with E-state index in [0.717, 1.165) is 50.1 Å². The highest BCUT2D eigenvalue weighted by Gasteiger charge is 2.16. The Hall–Kier alpha value is -5.15. The summed E-state index contributed by atoms with van der Waals surface area (Å²) in [6, 6.07) is 21.0. The fourth-order valence-corrected chi connectivity index (χ4v) is 5.17. The summed E-state index contributed by atoms with van der Waals surface area (Å²) in [5.74, 6) is -0.195. The molecular weight excluding hydrogens is 494 g/mol. The maximum atomic E-state index is 12.6. The lowest BCUT2D eigenvalue weighted by Gasteiger charge is -2.07. The van der Waals surface area contributed by atoms with Crippen molar-refractivity contribution in [2.24, 2.45) is 0 Å². The number of nitrogens with zero attached hydrogens (tertiary/aromatic N) is 4. The normalized spacial score (nSPS) is 11.3. The number of fused-ring (bicyclic) bond motifs is 2. The average Bonchev–Trinajstić information content (AvgIpc) is 3.73. The molecule has 1 amide bonds. The Morgan fingerprint density at radius 3 is 2.74 bits per heavy atom. The van der Waals surface area contributed by atoms with Crippen molar-refractivity contribution >= 4 is 45.0 Å². The van der Waals surface area contributed by atoms with Crippen LogP contribution in [0.15, 0.2) is 96.1 Å². The molecule has 6 heterocycles. The predicted octanol–water partition coefficient (Wildman–Crippen LogP) is 6.54. The van der Waals surface area contributed by atoms with Gasteiger partial charge in [-0.3, -0.25) is 14.9 Å². The molecule has 8 nitrogen and oxygen atoms in total. The first kappa shape index (κ1) is 22.1. The molecule has 0 saturated heterocycles. The summed E-state index contributed by atoms with van der Waals surface area (Å²) in [5, 5.41) is 15.8. The van der Waals surface area contributed by atoms with E-state index in [1.807, 2.05) is 48.7 Å². The van der Waals surface area contributed by atoms with Crippen molar-refractivity contribution in [3.63, 3.8) is 0 Å². The van der Waals surface area contributed by atoms with E-state index < -0.39 is 0 Å². The van der Waals surface area contributed by atoms with Gasteiger partial charge in [0, 0.05) is 28.9 Å². The van der Waals surface area contributed by atoms with Crippen LogP contribution in [0, 0.1) is 0 Å². The molecule has 6 aromatic heterocycles. The second-order valence-electron chi connectivity index (χ2n) is 8.76. The molecule has 38 heavy (non-hydrogen) atoms. The second kappa shape index (κ2) is 9.06. The Kier molecular flexibility index (Phi) is 5.26. The molecule has 0 radical (unpaired) electrons. The number of aromatic amines is 2. The van der Waals surface area contributed by atoms with Gasteiger partial charge in [0.2, 0.25) is 0 Å². The van der Waals surface area contributed by atoms with Crippen molar-refractivity contribution in [2.45, 2.75) is 0 Å². The zero-order valence-electron chi connectivity index (χ0n) is 19.8. The first-order valence-electron chi connectivity index (χ1n) is 11.9. The van der Waals surface area contributed by atoms with Crippen molar-refractivity contribution < 1.29 is 4.79 Å².